The summed E-state index contributed by atoms with van der Waals surface area (Å²) in [5.41, 5.74) is -0.683. The van der Waals surface area contributed by atoms with Crippen molar-refractivity contribution < 1.29 is 59.7 Å². The molecular formula is C64H120ClNO9. The summed E-state index contributed by atoms with van der Waals surface area (Å²) in [7, 11) is 6.17. The number of hydrogen-bond donors (Lipinski definition) is 0. The van der Waals surface area contributed by atoms with E-state index < -0.39 is 5.54 Å². The minimum absolute atomic E-state index is 0. The highest BCUT2D eigenvalue weighted by atomic mass is 35.5. The highest BCUT2D eigenvalue weighted by Crippen LogP contribution is 2.23. The second kappa shape index (κ2) is 57.9. The number of hydrogen-bond acceptors (Lipinski definition) is 9. The first-order valence-electron chi connectivity index (χ1n) is 31.1. The molecule has 0 unspecified atom stereocenters. The van der Waals surface area contributed by atoms with Gasteiger partial charge in [-0.15, -0.1) is 0 Å². The molecule has 0 atom stereocenters. The first kappa shape index (κ1) is 74.8. The molecule has 0 saturated heterocycles. The fourth-order valence-electron chi connectivity index (χ4n) is 8.72. The Morgan fingerprint density at radius 3 is 0.760 bits per heavy atom. The van der Waals surface area contributed by atoms with E-state index in [9.17, 15) is 14.4 Å². The number of esters is 3. The maximum atomic E-state index is 12.6. The van der Waals surface area contributed by atoms with Crippen LogP contribution in [-0.4, -0.2) is 109 Å². The summed E-state index contributed by atoms with van der Waals surface area (Å²) in [6.45, 7) is 9.44. The molecule has 0 aliphatic carbocycles. The lowest BCUT2D eigenvalue weighted by atomic mass is 9.99. The number of halogens is 1. The number of carbonyl (C=O) groups is 3. The molecule has 0 bridgehead atoms. The fraction of sp³-hybridized carbons (Fsp3) is 0.859. The molecule has 10 nitrogen and oxygen atoms in total. The minimum atomic E-state index is -0.683. The minimum Gasteiger partial charge on any atom is -1.00 e. The van der Waals surface area contributed by atoms with Crippen molar-refractivity contribution in [3.05, 3.63) is 36.5 Å². The highest BCUT2D eigenvalue weighted by Gasteiger charge is 2.44. The van der Waals surface area contributed by atoms with Crippen LogP contribution < -0.4 is 12.4 Å². The number of carbonyl (C=O) groups excluding carboxylic acids is 3. The van der Waals surface area contributed by atoms with Crippen LogP contribution in [-0.2, 0) is 42.8 Å². The van der Waals surface area contributed by atoms with E-state index in [1.807, 2.05) is 0 Å². The van der Waals surface area contributed by atoms with Crippen LogP contribution in [0.15, 0.2) is 36.5 Å². The van der Waals surface area contributed by atoms with Crippen molar-refractivity contribution >= 4 is 17.9 Å². The van der Waals surface area contributed by atoms with Gasteiger partial charge < -0.3 is 45.3 Å². The van der Waals surface area contributed by atoms with Crippen molar-refractivity contribution in [3.8, 4) is 0 Å². The van der Waals surface area contributed by atoms with Crippen LogP contribution in [0.3, 0.4) is 0 Å². The maximum absolute atomic E-state index is 12.6. The van der Waals surface area contributed by atoms with Gasteiger partial charge in [-0.3, -0.25) is 14.4 Å². The van der Waals surface area contributed by atoms with Gasteiger partial charge in [0.05, 0.1) is 80.0 Å². The molecule has 0 aromatic rings. The summed E-state index contributed by atoms with van der Waals surface area (Å²) < 4.78 is 35.6. The molecule has 0 saturated carbocycles. The summed E-state index contributed by atoms with van der Waals surface area (Å²) in [5.74, 6) is -0.777. The Morgan fingerprint density at radius 1 is 0.320 bits per heavy atom. The van der Waals surface area contributed by atoms with Crippen LogP contribution in [0.5, 0.6) is 0 Å². The summed E-state index contributed by atoms with van der Waals surface area (Å²) in [6.07, 6.45) is 58.1. The van der Waals surface area contributed by atoms with Crippen molar-refractivity contribution in [1.29, 1.82) is 0 Å². The molecule has 0 aliphatic heterocycles. The quantitative estimate of drug-likeness (QED) is 0.0193. The molecule has 75 heavy (non-hydrogen) atoms. The van der Waals surface area contributed by atoms with E-state index in [1.54, 1.807) is 0 Å². The van der Waals surface area contributed by atoms with Crippen molar-refractivity contribution in [2.45, 2.75) is 277 Å². The Morgan fingerprint density at radius 2 is 0.533 bits per heavy atom. The van der Waals surface area contributed by atoms with E-state index in [0.29, 0.717) is 24.3 Å². The largest absolute Gasteiger partial charge is 1.00 e. The number of allylic oxidation sites excluding steroid dienone is 6. The van der Waals surface area contributed by atoms with Crippen molar-refractivity contribution in [3.63, 3.8) is 0 Å². The van der Waals surface area contributed by atoms with Gasteiger partial charge in [0.25, 0.3) is 0 Å². The number of quaternary nitrogens is 1. The standard InChI is InChI=1S/C64H120NO9.ClH/c1-7-10-13-16-19-22-25-28-31-34-37-40-43-46-52-72-61(66)49-55-69-58-64(65(4,5)6,59-70-56-50-62(67)73-53-47-44-41-38-35-32-29-26-23-20-17-14-11-8-2)60-71-57-51-63(68)74-54-48-45-42-39-36-33-30-27-24-21-18-15-12-9-3;/h22-27H,7-21,28-60H2,1-6H3;1H/q+1;/p-1/b25-22-,26-23-,27-24-;. The number of rotatable bonds is 58. The molecule has 0 radical (unpaired) electrons. The zero-order chi connectivity index (χ0) is 54.2. The van der Waals surface area contributed by atoms with Crippen LogP contribution in [0.4, 0.5) is 0 Å². The number of unbranched alkanes of at least 4 members (excludes halogenated alkanes) is 30. The molecule has 0 rings (SSSR count). The first-order chi connectivity index (χ1) is 36.1. The zero-order valence-electron chi connectivity index (χ0n) is 49.9. The molecule has 0 spiro atoms. The summed E-state index contributed by atoms with van der Waals surface area (Å²) in [4.78, 5) is 37.9. The summed E-state index contributed by atoms with van der Waals surface area (Å²) in [5, 5.41) is 0. The average molecular weight is 1080 g/mol. The lowest BCUT2D eigenvalue weighted by molar-refractivity contribution is -0.926. The van der Waals surface area contributed by atoms with Gasteiger partial charge in [0.1, 0.15) is 19.8 Å². The fourth-order valence-corrected chi connectivity index (χ4v) is 8.72. The van der Waals surface area contributed by atoms with Gasteiger partial charge in [0.15, 0.2) is 5.54 Å². The Bertz CT molecular complexity index is 1190. The van der Waals surface area contributed by atoms with E-state index in [2.05, 4.69) is 78.4 Å². The Kier molecular flexibility index (Phi) is 57.8. The van der Waals surface area contributed by atoms with Gasteiger partial charge in [0, 0.05) is 0 Å². The molecule has 0 fully saturated rings. The van der Waals surface area contributed by atoms with Gasteiger partial charge in [-0.25, -0.2) is 0 Å². The molecule has 0 aromatic carbocycles. The van der Waals surface area contributed by atoms with Gasteiger partial charge in [0.2, 0.25) is 0 Å². The predicted octanol–water partition coefficient (Wildman–Crippen LogP) is 14.1. The third-order valence-corrected chi connectivity index (χ3v) is 14.1. The first-order valence-corrected chi connectivity index (χ1v) is 31.1. The van der Waals surface area contributed by atoms with Crippen LogP contribution in [0, 0.1) is 0 Å². The van der Waals surface area contributed by atoms with Crippen LogP contribution >= 0.6 is 0 Å². The molecule has 0 aliphatic rings. The van der Waals surface area contributed by atoms with Crippen molar-refractivity contribution in [2.75, 3.05) is 80.6 Å². The second-order valence-corrected chi connectivity index (χ2v) is 22.0. The Balaban J connectivity index is 0. The third-order valence-electron chi connectivity index (χ3n) is 14.1. The van der Waals surface area contributed by atoms with E-state index >= 15 is 0 Å². The topological polar surface area (TPSA) is 107 Å². The van der Waals surface area contributed by atoms with E-state index in [0.717, 1.165) is 57.8 Å². The summed E-state index contributed by atoms with van der Waals surface area (Å²) in [6, 6.07) is 0. The van der Waals surface area contributed by atoms with E-state index in [1.165, 1.54) is 173 Å². The van der Waals surface area contributed by atoms with Crippen LogP contribution in [0.2, 0.25) is 0 Å². The Labute approximate surface area is 469 Å². The summed E-state index contributed by atoms with van der Waals surface area (Å²) >= 11 is 0. The SMILES string of the molecule is CCCCCC/C=C\CCCCCCCCOC(=O)CCOCC(COCCC(=O)OCCCCCCCC/C=C\CCCCCC)(COCCC(=O)OCCCCCCCC/C=C\CCCCCC)[N+](C)(C)C.[Cl-]. The molecular weight excluding hydrogens is 962 g/mol. The van der Waals surface area contributed by atoms with Gasteiger partial charge in [-0.2, -0.15) is 0 Å². The van der Waals surface area contributed by atoms with Gasteiger partial charge in [-0.1, -0.05) is 192 Å². The second-order valence-electron chi connectivity index (χ2n) is 22.0. The van der Waals surface area contributed by atoms with Crippen molar-refractivity contribution in [2.24, 2.45) is 0 Å². The smallest absolute Gasteiger partial charge is 0.308 e. The molecule has 442 valence electrons. The average Bonchev–Trinajstić information content (AvgIpc) is 3.38. The molecule has 0 aromatic heterocycles. The maximum Gasteiger partial charge on any atom is 0.308 e. The van der Waals surface area contributed by atoms with Crippen LogP contribution in [0.1, 0.15) is 271 Å². The number of nitrogens with zero attached hydrogens (tertiary/aromatic N) is 1. The number of likely N-dealkylation sites (N-methyl/N-ethyl adjacent to an activating group) is 1. The highest BCUT2D eigenvalue weighted by molar-refractivity contribution is 5.70. The van der Waals surface area contributed by atoms with Gasteiger partial charge in [-0.05, 0) is 96.3 Å². The molecule has 0 heterocycles. The van der Waals surface area contributed by atoms with Crippen molar-refractivity contribution in [1.82, 2.24) is 0 Å². The monoisotopic (exact) mass is 1080 g/mol. The van der Waals surface area contributed by atoms with E-state index in [-0.39, 0.29) is 89.2 Å². The predicted molar refractivity (Wildman–Crippen MR) is 311 cm³/mol. The zero-order valence-corrected chi connectivity index (χ0v) is 50.7. The third kappa shape index (κ3) is 52.2. The Hall–Kier alpha value is -2.24. The van der Waals surface area contributed by atoms with Crippen LogP contribution in [0.25, 0.3) is 0 Å². The molecule has 11 heteroatoms. The normalized spacial score (nSPS) is 12.1. The molecule has 0 amide bonds. The lowest BCUT2D eigenvalue weighted by Crippen LogP contribution is -3.00. The van der Waals surface area contributed by atoms with Gasteiger partial charge >= 0.3 is 17.9 Å². The molecule has 0 N–H and O–H groups in total. The lowest BCUT2D eigenvalue weighted by Gasteiger charge is -2.45. The number of ether oxygens (including phenoxy) is 6. The van der Waals surface area contributed by atoms with E-state index in [4.69, 9.17) is 28.4 Å².